The number of rotatable bonds is 8. The second kappa shape index (κ2) is 9.78. The van der Waals surface area contributed by atoms with Gasteiger partial charge in [-0.05, 0) is 48.7 Å². The highest BCUT2D eigenvalue weighted by Crippen LogP contribution is 2.40. The van der Waals surface area contributed by atoms with Gasteiger partial charge in [0.2, 0.25) is 0 Å². The van der Waals surface area contributed by atoms with Crippen LogP contribution in [0.5, 0.6) is 0 Å². The molecule has 162 valence electrons. The predicted molar refractivity (Wildman–Crippen MR) is 115 cm³/mol. The van der Waals surface area contributed by atoms with Crippen LogP contribution in [0.1, 0.15) is 49.3 Å². The summed E-state index contributed by atoms with van der Waals surface area (Å²) in [5.41, 5.74) is 2.18. The first-order chi connectivity index (χ1) is 14.4. The molecule has 0 amide bonds. The van der Waals surface area contributed by atoms with Crippen LogP contribution in [0.2, 0.25) is 5.02 Å². The van der Waals surface area contributed by atoms with E-state index in [4.69, 9.17) is 16.9 Å². The average molecular weight is 453 g/mol. The Morgan fingerprint density at radius 3 is 2.63 bits per heavy atom. The maximum Gasteiger partial charge on any atom is 0.342 e. The monoisotopic (exact) mass is 452 g/mol. The highest BCUT2D eigenvalue weighted by Gasteiger charge is 2.34. The van der Waals surface area contributed by atoms with E-state index in [1.54, 1.807) is 25.2 Å². The molecule has 2 aromatic rings. The van der Waals surface area contributed by atoms with Crippen LogP contribution < -0.4 is 9.62 Å². The number of para-hydroxylation sites is 1. The van der Waals surface area contributed by atoms with E-state index in [9.17, 15) is 13.2 Å². The predicted octanol–water partition coefficient (Wildman–Crippen LogP) is 4.12. The van der Waals surface area contributed by atoms with Gasteiger partial charge in [0.15, 0.2) is 0 Å². The van der Waals surface area contributed by atoms with Crippen molar-refractivity contribution in [3.05, 3.63) is 58.6 Å². The Hall–Kier alpha value is -2.13. The molecule has 0 spiro atoms. The molecule has 0 aromatic heterocycles. The van der Waals surface area contributed by atoms with Crippen molar-refractivity contribution in [3.8, 4) is 0 Å². The fourth-order valence-corrected chi connectivity index (χ4v) is 5.41. The van der Waals surface area contributed by atoms with Gasteiger partial charge in [0.1, 0.15) is 0 Å². The lowest BCUT2D eigenvalue weighted by Gasteiger charge is -2.22. The highest BCUT2D eigenvalue weighted by molar-refractivity contribution is 7.92. The maximum atomic E-state index is 13.2. The lowest BCUT2D eigenvalue weighted by Crippen LogP contribution is -2.26. The van der Waals surface area contributed by atoms with Gasteiger partial charge in [-0.1, -0.05) is 48.7 Å². The van der Waals surface area contributed by atoms with Crippen molar-refractivity contribution in [1.82, 2.24) is 5.32 Å². The van der Waals surface area contributed by atoms with Gasteiger partial charge in [-0.3, -0.25) is 4.31 Å². The quantitative estimate of drug-likeness (QED) is 0.355. The Morgan fingerprint density at radius 1 is 1.13 bits per heavy atom. The van der Waals surface area contributed by atoms with Gasteiger partial charge in [0, 0.05) is 18.5 Å². The van der Waals surface area contributed by atoms with Crippen molar-refractivity contribution in [2.24, 2.45) is 0 Å². The second-order valence-electron chi connectivity index (χ2n) is 7.23. The third-order valence-corrected chi connectivity index (χ3v) is 7.33. The van der Waals surface area contributed by atoms with Crippen LogP contribution in [-0.2, 0) is 19.7 Å². The van der Waals surface area contributed by atoms with Crippen LogP contribution in [0.4, 0.5) is 5.69 Å². The Kier molecular flexibility index (Phi) is 7.36. The van der Waals surface area contributed by atoms with Crippen LogP contribution in [0.25, 0.3) is 0 Å². The largest absolute Gasteiger partial charge is 0.342 e. The smallest absolute Gasteiger partial charge is 0.306 e. The summed E-state index contributed by atoms with van der Waals surface area (Å²) in [5, 5.41) is 12.1. The number of unbranched alkanes of at least 4 members (excludes halogenated alkanes) is 3. The van der Waals surface area contributed by atoms with Crippen LogP contribution in [0.15, 0.2) is 47.4 Å². The van der Waals surface area contributed by atoms with Crippen LogP contribution >= 0.6 is 11.6 Å². The van der Waals surface area contributed by atoms with Crippen molar-refractivity contribution in [3.63, 3.8) is 0 Å². The zero-order valence-electron chi connectivity index (χ0n) is 16.7. The minimum atomic E-state index is -3.73. The molecule has 1 aliphatic heterocycles. The third kappa shape index (κ3) is 4.78. The van der Waals surface area contributed by atoms with E-state index in [1.807, 2.05) is 18.2 Å². The standard InChI is InChI=1S/C21H25ClN2O5S/c1-24-18-9-6-5-8-16(18)21(23-13-7-3-2-4-10-20(25)29-26)17-12-11-15(22)14-19(17)30(24,27)28/h5-6,8-9,11-12,14,21,23,26H,2-4,7,10,13H2,1H3. The molecule has 1 aliphatic rings. The van der Waals surface area contributed by atoms with Crippen LogP contribution in [0, 0.1) is 0 Å². The van der Waals surface area contributed by atoms with E-state index < -0.39 is 16.0 Å². The summed E-state index contributed by atoms with van der Waals surface area (Å²) in [6.45, 7) is 0.676. The van der Waals surface area contributed by atoms with Gasteiger partial charge in [-0.2, -0.15) is 5.26 Å². The van der Waals surface area contributed by atoms with E-state index in [0.717, 1.165) is 24.8 Å². The summed E-state index contributed by atoms with van der Waals surface area (Å²) in [7, 11) is -2.18. The van der Waals surface area contributed by atoms with Gasteiger partial charge in [0.25, 0.3) is 10.0 Å². The van der Waals surface area contributed by atoms with Crippen molar-refractivity contribution in [2.45, 2.75) is 43.0 Å². The van der Waals surface area contributed by atoms with Gasteiger partial charge in [0.05, 0.1) is 16.6 Å². The van der Waals surface area contributed by atoms with Crippen molar-refractivity contribution >= 4 is 33.3 Å². The first kappa shape index (κ1) is 22.6. The summed E-state index contributed by atoms with van der Waals surface area (Å²) < 4.78 is 27.7. The molecule has 0 saturated carbocycles. The molecule has 2 aromatic carbocycles. The molecule has 1 heterocycles. The second-order valence-corrected chi connectivity index (χ2v) is 9.60. The van der Waals surface area contributed by atoms with E-state index >= 15 is 0 Å². The van der Waals surface area contributed by atoms with Gasteiger partial charge in [-0.25, -0.2) is 13.2 Å². The molecule has 3 rings (SSSR count). The van der Waals surface area contributed by atoms with E-state index in [1.165, 1.54) is 10.4 Å². The molecule has 1 atom stereocenters. The molecule has 0 aliphatic carbocycles. The van der Waals surface area contributed by atoms with E-state index in [-0.39, 0.29) is 17.4 Å². The summed E-state index contributed by atoms with van der Waals surface area (Å²) in [5.74, 6) is -0.621. The number of sulfonamides is 1. The normalized spacial score (nSPS) is 17.0. The SMILES string of the molecule is CN1c2ccccc2C(NCCCCCCC(=O)OO)c2ccc(Cl)cc2S1(=O)=O. The van der Waals surface area contributed by atoms with Gasteiger partial charge >= 0.3 is 5.97 Å². The fourth-order valence-electron chi connectivity index (χ4n) is 3.69. The first-order valence-electron chi connectivity index (χ1n) is 9.81. The zero-order valence-corrected chi connectivity index (χ0v) is 18.2. The maximum absolute atomic E-state index is 13.2. The Balaban J connectivity index is 1.79. The minimum Gasteiger partial charge on any atom is -0.306 e. The summed E-state index contributed by atoms with van der Waals surface area (Å²) in [6.07, 6.45) is 3.43. The molecule has 0 saturated heterocycles. The van der Waals surface area contributed by atoms with Crippen molar-refractivity contribution in [1.29, 1.82) is 0 Å². The lowest BCUT2D eigenvalue weighted by atomic mass is 9.96. The number of benzene rings is 2. The van der Waals surface area contributed by atoms with Crippen LogP contribution in [-0.4, -0.2) is 33.2 Å². The Morgan fingerprint density at radius 2 is 1.87 bits per heavy atom. The molecule has 0 bridgehead atoms. The fraction of sp³-hybridized carbons (Fsp3) is 0.381. The van der Waals surface area contributed by atoms with E-state index in [0.29, 0.717) is 29.2 Å². The number of nitrogens with zero attached hydrogens (tertiary/aromatic N) is 1. The zero-order chi connectivity index (χ0) is 21.7. The number of fused-ring (bicyclic) bond motifs is 2. The summed E-state index contributed by atoms with van der Waals surface area (Å²) >= 11 is 6.12. The molecular formula is C21H25ClN2O5S. The lowest BCUT2D eigenvalue weighted by molar-refractivity contribution is -0.234. The molecular weight excluding hydrogens is 428 g/mol. The van der Waals surface area contributed by atoms with Crippen LogP contribution in [0.3, 0.4) is 0 Å². The van der Waals surface area contributed by atoms with Gasteiger partial charge < -0.3 is 10.2 Å². The molecule has 0 fully saturated rings. The number of halogens is 1. The van der Waals surface area contributed by atoms with E-state index in [2.05, 4.69) is 10.2 Å². The Labute approximate surface area is 181 Å². The number of hydrogen-bond acceptors (Lipinski definition) is 6. The van der Waals surface area contributed by atoms with Crippen molar-refractivity contribution < 1.29 is 23.4 Å². The highest BCUT2D eigenvalue weighted by atomic mass is 35.5. The summed E-state index contributed by atoms with van der Waals surface area (Å²) in [4.78, 5) is 14.8. The third-order valence-electron chi connectivity index (χ3n) is 5.27. The molecule has 9 heteroatoms. The summed E-state index contributed by atoms with van der Waals surface area (Å²) in [6, 6.07) is 12.1. The first-order valence-corrected chi connectivity index (χ1v) is 11.6. The minimum absolute atomic E-state index is 0.193. The average Bonchev–Trinajstić information content (AvgIpc) is 2.81. The molecule has 1 unspecified atom stereocenters. The van der Waals surface area contributed by atoms with Gasteiger partial charge in [-0.15, -0.1) is 0 Å². The number of carbonyl (C=O) groups excluding carboxylic acids is 1. The Bertz CT molecular complexity index is 1010. The molecule has 30 heavy (non-hydrogen) atoms. The van der Waals surface area contributed by atoms with Crippen molar-refractivity contribution in [2.75, 3.05) is 17.9 Å². The number of carbonyl (C=O) groups is 1. The molecule has 2 N–H and O–H groups in total. The number of hydrogen-bond donors (Lipinski definition) is 2. The topological polar surface area (TPSA) is 95.9 Å². The molecule has 0 radical (unpaired) electrons. The number of anilines is 1. The number of nitrogens with one attached hydrogen (secondary N) is 1. The molecule has 7 nitrogen and oxygen atoms in total.